The van der Waals surface area contributed by atoms with Gasteiger partial charge < -0.3 is 27.4 Å². The lowest BCUT2D eigenvalue weighted by atomic mass is 10.0. The lowest BCUT2D eigenvalue weighted by Gasteiger charge is -2.25. The van der Waals surface area contributed by atoms with Crippen molar-refractivity contribution >= 4 is 37.0 Å². The normalized spacial score (nSPS) is 13.1. The molecular weight excluding hydrogens is 620 g/mol. The van der Waals surface area contributed by atoms with Gasteiger partial charge in [0, 0.05) is 27.6 Å². The first-order valence-corrected chi connectivity index (χ1v) is 20.2. The van der Waals surface area contributed by atoms with Crippen LogP contribution in [0, 0.1) is 5.92 Å². The molecule has 0 saturated carbocycles. The van der Waals surface area contributed by atoms with Crippen molar-refractivity contribution in [1.29, 1.82) is 0 Å². The summed E-state index contributed by atoms with van der Waals surface area (Å²) in [7, 11) is -7.10. The Morgan fingerprint density at radius 2 is 1.13 bits per heavy atom. The van der Waals surface area contributed by atoms with E-state index in [2.05, 4.69) is 42.7 Å². The molecule has 0 bridgehead atoms. The van der Waals surface area contributed by atoms with E-state index >= 15 is 0 Å². The molecule has 1 heterocycles. The van der Waals surface area contributed by atoms with Gasteiger partial charge in [-0.25, -0.2) is 0 Å². The molecule has 0 saturated heterocycles. The van der Waals surface area contributed by atoms with Crippen LogP contribution in [0.25, 0.3) is 27.5 Å². The molecule has 0 amide bonds. The van der Waals surface area contributed by atoms with Gasteiger partial charge in [-0.1, -0.05) is 69.5 Å². The average molecular weight is 672 g/mol. The second kappa shape index (κ2) is 17.1. The second-order valence-corrected chi connectivity index (χ2v) is 15.5. The molecule has 4 rings (SSSR count). The van der Waals surface area contributed by atoms with Crippen LogP contribution >= 0.6 is 15.2 Å². The first-order valence-electron chi connectivity index (χ1n) is 16.8. The molecule has 8 nitrogen and oxygen atoms in total. The van der Waals surface area contributed by atoms with Crippen molar-refractivity contribution in [2.24, 2.45) is 5.92 Å². The highest BCUT2D eigenvalue weighted by atomic mass is 31.2. The molecule has 0 fully saturated rings. The van der Waals surface area contributed by atoms with Crippen LogP contribution in [0.4, 0.5) is 0 Å². The second-order valence-electron chi connectivity index (χ2n) is 11.4. The van der Waals surface area contributed by atoms with Crippen LogP contribution in [0.3, 0.4) is 0 Å². The van der Waals surface area contributed by atoms with E-state index < -0.39 is 15.2 Å². The SMILES string of the molecule is CCCCC(CC)COc1c(CP(=O)(OCC)OCC)cc(-n2c3ccccc3c3ccccc32)cc1CP(=O)(OCC)OCC. The van der Waals surface area contributed by atoms with Crippen LogP contribution in [0.5, 0.6) is 5.75 Å². The van der Waals surface area contributed by atoms with E-state index in [1.54, 1.807) is 0 Å². The molecule has 4 aromatic rings. The van der Waals surface area contributed by atoms with E-state index in [0.29, 0.717) is 29.4 Å². The number of unbranched alkanes of at least 4 members (excludes halogenated alkanes) is 1. The van der Waals surface area contributed by atoms with E-state index in [-0.39, 0.29) is 38.8 Å². The predicted molar refractivity (Wildman–Crippen MR) is 189 cm³/mol. The Kier molecular flexibility index (Phi) is 13.5. The van der Waals surface area contributed by atoms with Crippen LogP contribution in [0.2, 0.25) is 0 Å². The van der Waals surface area contributed by atoms with E-state index in [0.717, 1.165) is 53.2 Å². The van der Waals surface area contributed by atoms with Gasteiger partial charge in [-0.3, -0.25) is 9.13 Å². The highest BCUT2D eigenvalue weighted by molar-refractivity contribution is 7.53. The zero-order valence-corrected chi connectivity index (χ0v) is 30.1. The summed E-state index contributed by atoms with van der Waals surface area (Å²) in [4.78, 5) is 0. The number of fused-ring (bicyclic) bond motifs is 3. The van der Waals surface area contributed by atoms with Crippen molar-refractivity contribution in [3.05, 3.63) is 71.8 Å². The molecule has 0 aliphatic carbocycles. The van der Waals surface area contributed by atoms with Gasteiger partial charge in [-0.05, 0) is 64.3 Å². The van der Waals surface area contributed by atoms with Gasteiger partial charge in [0.05, 0.1) is 56.4 Å². The fraction of sp³-hybridized carbons (Fsp3) is 0.500. The molecule has 0 spiro atoms. The van der Waals surface area contributed by atoms with Crippen molar-refractivity contribution < 1.29 is 32.0 Å². The zero-order valence-electron chi connectivity index (χ0n) is 28.3. The van der Waals surface area contributed by atoms with Gasteiger partial charge in [0.2, 0.25) is 0 Å². The minimum atomic E-state index is -3.55. The fourth-order valence-electron chi connectivity index (χ4n) is 6.05. The van der Waals surface area contributed by atoms with Crippen molar-refractivity contribution in [3.8, 4) is 11.4 Å². The smallest absolute Gasteiger partial charge is 0.335 e. The maximum Gasteiger partial charge on any atom is 0.335 e. The number of benzene rings is 3. The number of para-hydroxylation sites is 2. The summed E-state index contributed by atoms with van der Waals surface area (Å²) in [6.07, 6.45) is 4.24. The molecule has 10 heteroatoms. The number of aromatic nitrogens is 1. The standard InChI is InChI=1S/C36H51NO7P2/c1-7-13-18-28(8-2)25-40-36-29(26-45(38,41-9-3)42-10-4)23-31(24-30(36)27-46(39,43-11-5)44-12-6)37-34-21-16-14-19-32(34)33-20-15-17-22-35(33)37/h14-17,19-24,28H,7-13,18,25-27H2,1-6H3. The Hall–Kier alpha value is -2.44. The molecule has 0 N–H and O–H groups in total. The molecule has 1 aromatic heterocycles. The summed E-state index contributed by atoms with van der Waals surface area (Å²) in [5.74, 6) is 0.882. The molecular formula is C36H51NO7P2. The number of ether oxygens (including phenoxy) is 1. The fourth-order valence-corrected chi connectivity index (χ4v) is 9.44. The predicted octanol–water partition coefficient (Wildman–Crippen LogP) is 10.9. The van der Waals surface area contributed by atoms with Gasteiger partial charge in [-0.15, -0.1) is 0 Å². The topological polar surface area (TPSA) is 85.2 Å². The molecule has 1 atom stereocenters. The highest BCUT2D eigenvalue weighted by Gasteiger charge is 2.32. The lowest BCUT2D eigenvalue weighted by molar-refractivity contribution is 0.214. The Bertz CT molecular complexity index is 1540. The van der Waals surface area contributed by atoms with Gasteiger partial charge in [-0.2, -0.15) is 0 Å². The zero-order chi connectivity index (χ0) is 33.2. The third kappa shape index (κ3) is 8.72. The Balaban J connectivity index is 2.00. The minimum absolute atomic E-state index is 0.00130. The monoisotopic (exact) mass is 671 g/mol. The van der Waals surface area contributed by atoms with Crippen LogP contribution < -0.4 is 4.74 Å². The first-order chi connectivity index (χ1) is 22.2. The Morgan fingerprint density at radius 3 is 1.54 bits per heavy atom. The minimum Gasteiger partial charge on any atom is -0.493 e. The van der Waals surface area contributed by atoms with Crippen molar-refractivity contribution in [2.45, 2.75) is 79.5 Å². The molecule has 1 unspecified atom stereocenters. The summed E-state index contributed by atoms with van der Waals surface area (Å²) in [6.45, 7) is 13.0. The van der Waals surface area contributed by atoms with Crippen LogP contribution in [0.1, 0.15) is 78.4 Å². The Morgan fingerprint density at radius 1 is 0.674 bits per heavy atom. The lowest BCUT2D eigenvalue weighted by Crippen LogP contribution is -2.14. The van der Waals surface area contributed by atoms with Crippen LogP contribution in [-0.4, -0.2) is 37.6 Å². The molecule has 0 aliphatic rings. The average Bonchev–Trinajstić information content (AvgIpc) is 3.36. The maximum absolute atomic E-state index is 14.1. The van der Waals surface area contributed by atoms with Crippen molar-refractivity contribution in [2.75, 3.05) is 33.0 Å². The third-order valence-electron chi connectivity index (χ3n) is 8.10. The number of rotatable bonds is 20. The van der Waals surface area contributed by atoms with Crippen LogP contribution in [0.15, 0.2) is 60.7 Å². The third-order valence-corrected chi connectivity index (χ3v) is 12.2. The first kappa shape index (κ1) is 36.4. The van der Waals surface area contributed by atoms with Gasteiger partial charge >= 0.3 is 15.2 Å². The van der Waals surface area contributed by atoms with E-state index in [4.69, 9.17) is 22.8 Å². The molecule has 0 aliphatic heterocycles. The van der Waals surface area contributed by atoms with E-state index in [1.165, 1.54) is 0 Å². The summed E-state index contributed by atoms with van der Waals surface area (Å²) in [5.41, 5.74) is 4.21. The summed E-state index contributed by atoms with van der Waals surface area (Å²) >= 11 is 0. The molecule has 46 heavy (non-hydrogen) atoms. The summed E-state index contributed by atoms with van der Waals surface area (Å²) < 4.78 is 60.2. The van der Waals surface area contributed by atoms with Gasteiger partial charge in [0.1, 0.15) is 5.75 Å². The quantitative estimate of drug-likeness (QED) is 0.0864. The number of hydrogen-bond acceptors (Lipinski definition) is 7. The van der Waals surface area contributed by atoms with Crippen molar-refractivity contribution in [1.82, 2.24) is 4.57 Å². The number of nitrogens with zero attached hydrogens (tertiary/aromatic N) is 1. The maximum atomic E-state index is 14.1. The molecule has 252 valence electrons. The molecule has 3 aromatic carbocycles. The van der Waals surface area contributed by atoms with Gasteiger partial charge in [0.15, 0.2) is 0 Å². The summed E-state index contributed by atoms with van der Waals surface area (Å²) in [5, 5.41) is 2.23. The van der Waals surface area contributed by atoms with Gasteiger partial charge in [0.25, 0.3) is 0 Å². The van der Waals surface area contributed by atoms with E-state index in [9.17, 15) is 9.13 Å². The van der Waals surface area contributed by atoms with Crippen LogP contribution in [-0.2, 0) is 39.5 Å². The van der Waals surface area contributed by atoms with Crippen molar-refractivity contribution in [3.63, 3.8) is 0 Å². The Labute approximate surface area is 274 Å². The van der Waals surface area contributed by atoms with E-state index in [1.807, 2.05) is 64.1 Å². The number of hydrogen-bond donors (Lipinski definition) is 0. The highest BCUT2D eigenvalue weighted by Crippen LogP contribution is 2.56. The summed E-state index contributed by atoms with van der Waals surface area (Å²) in [6, 6.07) is 20.6. The molecule has 0 radical (unpaired) electrons. The largest absolute Gasteiger partial charge is 0.493 e.